The molecule has 0 fully saturated rings. The zero-order valence-electron chi connectivity index (χ0n) is 26.6. The summed E-state index contributed by atoms with van der Waals surface area (Å²) in [6, 6.07) is 12.2. The molecule has 232 valence electrons. The molecular weight excluding hydrogens is 546 g/mol. The molecule has 1 heterocycles. The molecule has 1 aliphatic heterocycles. The average molecular weight is 592 g/mol. The zero-order chi connectivity index (χ0) is 31.6. The number of amides is 1. The van der Waals surface area contributed by atoms with Gasteiger partial charge in [-0.15, -0.1) is 0 Å². The van der Waals surface area contributed by atoms with Gasteiger partial charge in [0.25, 0.3) is 0 Å². The van der Waals surface area contributed by atoms with Crippen LogP contribution in [0.15, 0.2) is 36.4 Å². The third-order valence-electron chi connectivity index (χ3n) is 7.86. The minimum absolute atomic E-state index is 0.0431. The molecule has 1 amide bonds. The van der Waals surface area contributed by atoms with E-state index in [0.29, 0.717) is 25.9 Å². The van der Waals surface area contributed by atoms with Crippen LogP contribution in [0.3, 0.4) is 0 Å². The molecule has 2 aliphatic rings. The second kappa shape index (κ2) is 12.5. The van der Waals surface area contributed by atoms with E-state index in [1.54, 1.807) is 11.8 Å². The molecule has 0 bridgehead atoms. The predicted molar refractivity (Wildman–Crippen MR) is 163 cm³/mol. The highest BCUT2D eigenvalue weighted by molar-refractivity contribution is 5.89. The van der Waals surface area contributed by atoms with Crippen LogP contribution in [0.1, 0.15) is 109 Å². The quantitative estimate of drug-likeness (QED) is 0.233. The van der Waals surface area contributed by atoms with Crippen molar-refractivity contribution in [3.05, 3.63) is 58.7 Å². The smallest absolute Gasteiger partial charge is 0.306 e. The molecule has 2 aromatic carbocycles. The molecule has 0 saturated heterocycles. The molecule has 2 aromatic rings. The maximum Gasteiger partial charge on any atom is 0.306 e. The van der Waals surface area contributed by atoms with Crippen molar-refractivity contribution in [1.82, 2.24) is 4.90 Å². The van der Waals surface area contributed by atoms with Crippen LogP contribution in [0.2, 0.25) is 0 Å². The number of carbonyl (C=O) groups excluding carboxylic acids is 4. The first-order valence-corrected chi connectivity index (χ1v) is 15.3. The molecule has 0 spiro atoms. The molecule has 8 heteroatoms. The number of esters is 3. The Morgan fingerprint density at radius 3 is 1.58 bits per heavy atom. The second-order valence-corrected chi connectivity index (χ2v) is 13.5. The van der Waals surface area contributed by atoms with Gasteiger partial charge in [0.15, 0.2) is 0 Å². The number of ether oxygens (including phenoxy) is 3. The first-order valence-electron chi connectivity index (χ1n) is 15.3. The Kier molecular flexibility index (Phi) is 9.38. The third kappa shape index (κ3) is 7.46. The van der Waals surface area contributed by atoms with Crippen molar-refractivity contribution in [2.45, 2.75) is 117 Å². The summed E-state index contributed by atoms with van der Waals surface area (Å²) in [5, 5.41) is 0. The van der Waals surface area contributed by atoms with E-state index in [1.807, 2.05) is 65.8 Å². The fourth-order valence-corrected chi connectivity index (χ4v) is 6.32. The van der Waals surface area contributed by atoms with Gasteiger partial charge in [-0.1, -0.05) is 36.4 Å². The molecule has 0 atom stereocenters. The first kappa shape index (κ1) is 32.2. The minimum Gasteiger partial charge on any atom is -0.466 e. The van der Waals surface area contributed by atoms with Gasteiger partial charge < -0.3 is 19.1 Å². The molecule has 0 aromatic heterocycles. The van der Waals surface area contributed by atoms with Gasteiger partial charge in [-0.05, 0) is 94.7 Å². The summed E-state index contributed by atoms with van der Waals surface area (Å²) < 4.78 is 16.4. The predicted octanol–water partition coefficient (Wildman–Crippen LogP) is 6.38. The van der Waals surface area contributed by atoms with E-state index in [1.165, 1.54) is 0 Å². The van der Waals surface area contributed by atoms with E-state index in [-0.39, 0.29) is 56.1 Å². The van der Waals surface area contributed by atoms with Crippen molar-refractivity contribution < 1.29 is 33.4 Å². The molecule has 4 rings (SSSR count). The number of nitrogens with zero attached hydrogens (tertiary/aromatic N) is 1. The topological polar surface area (TPSA) is 99.2 Å². The lowest BCUT2D eigenvalue weighted by Crippen LogP contribution is -2.32. The monoisotopic (exact) mass is 591 g/mol. The van der Waals surface area contributed by atoms with Gasteiger partial charge in [0.2, 0.25) is 5.91 Å². The normalized spacial score (nSPS) is 14.9. The lowest BCUT2D eigenvalue weighted by molar-refractivity contribution is -0.155. The van der Waals surface area contributed by atoms with Crippen molar-refractivity contribution >= 4 is 23.8 Å². The van der Waals surface area contributed by atoms with Crippen LogP contribution in [-0.2, 0) is 51.9 Å². The lowest BCUT2D eigenvalue weighted by Gasteiger charge is -2.34. The highest BCUT2D eigenvalue weighted by atomic mass is 16.6. The molecule has 0 saturated carbocycles. The maximum atomic E-state index is 13.3. The van der Waals surface area contributed by atoms with Gasteiger partial charge in [0, 0.05) is 37.8 Å². The zero-order valence-corrected chi connectivity index (χ0v) is 26.6. The largest absolute Gasteiger partial charge is 0.466 e. The molecule has 8 nitrogen and oxygen atoms in total. The van der Waals surface area contributed by atoms with Crippen LogP contribution in [-0.4, -0.2) is 46.5 Å². The van der Waals surface area contributed by atoms with Crippen LogP contribution in [0.4, 0.5) is 0 Å². The van der Waals surface area contributed by atoms with Gasteiger partial charge >= 0.3 is 17.9 Å². The lowest BCUT2D eigenvalue weighted by atomic mass is 9.71. The Morgan fingerprint density at radius 2 is 1.16 bits per heavy atom. The van der Waals surface area contributed by atoms with E-state index < -0.39 is 16.6 Å². The van der Waals surface area contributed by atoms with Crippen molar-refractivity contribution in [3.8, 4) is 11.1 Å². The van der Waals surface area contributed by atoms with E-state index in [9.17, 15) is 19.2 Å². The summed E-state index contributed by atoms with van der Waals surface area (Å²) in [5.41, 5.74) is 4.45. The van der Waals surface area contributed by atoms with Gasteiger partial charge in [-0.2, -0.15) is 0 Å². The first-order chi connectivity index (χ1) is 20.1. The van der Waals surface area contributed by atoms with E-state index in [0.717, 1.165) is 33.4 Å². The SMILES string of the molecule is CCOC(=O)CCC(=O)N1Cc2cccc3c2-c2c(cccc2C3(CCC(=O)OC(C)(C)C)CCC(=O)OC(C)(C)C)C1. The summed E-state index contributed by atoms with van der Waals surface area (Å²) in [4.78, 5) is 53.0. The molecular formula is C35H45NO7. The highest BCUT2D eigenvalue weighted by Gasteiger charge is 2.46. The maximum absolute atomic E-state index is 13.3. The summed E-state index contributed by atoms with van der Waals surface area (Å²) in [5.74, 6) is -1.05. The average Bonchev–Trinajstić information content (AvgIpc) is 3.06. The number of benzene rings is 2. The van der Waals surface area contributed by atoms with Crippen molar-refractivity contribution in [3.63, 3.8) is 0 Å². The van der Waals surface area contributed by atoms with Crippen LogP contribution < -0.4 is 0 Å². The standard InChI is InChI=1S/C35H45NO7/c1-8-41-28(38)16-15-27(37)36-21-23-11-9-13-25-31(23)32-24(22-36)12-10-14-26(32)35(25,19-17-29(39)42-33(2,3)4)20-18-30(40)43-34(5,6)7/h9-14H,8,15-22H2,1-7H3. The van der Waals surface area contributed by atoms with Gasteiger partial charge in [0.05, 0.1) is 13.0 Å². The minimum atomic E-state index is -0.611. The van der Waals surface area contributed by atoms with E-state index >= 15 is 0 Å². The van der Waals surface area contributed by atoms with Crippen LogP contribution in [0, 0.1) is 0 Å². The fraction of sp³-hybridized carbons (Fsp3) is 0.543. The fourth-order valence-electron chi connectivity index (χ4n) is 6.32. The molecule has 0 radical (unpaired) electrons. The molecule has 43 heavy (non-hydrogen) atoms. The molecule has 0 unspecified atom stereocenters. The second-order valence-electron chi connectivity index (χ2n) is 13.5. The Bertz CT molecular complexity index is 1310. The van der Waals surface area contributed by atoms with E-state index in [2.05, 4.69) is 12.1 Å². The summed E-state index contributed by atoms with van der Waals surface area (Å²) >= 11 is 0. The van der Waals surface area contributed by atoms with Crippen LogP contribution in [0.5, 0.6) is 0 Å². The Balaban J connectivity index is 1.73. The van der Waals surface area contributed by atoms with E-state index in [4.69, 9.17) is 14.2 Å². The highest BCUT2D eigenvalue weighted by Crippen LogP contribution is 2.57. The Hall–Kier alpha value is -3.68. The summed E-state index contributed by atoms with van der Waals surface area (Å²) in [6.45, 7) is 14.0. The Labute approximate surface area is 255 Å². The van der Waals surface area contributed by atoms with Crippen LogP contribution >= 0.6 is 0 Å². The number of hydrogen-bond acceptors (Lipinski definition) is 7. The van der Waals surface area contributed by atoms with Crippen molar-refractivity contribution in [1.29, 1.82) is 0 Å². The Morgan fingerprint density at radius 1 is 0.698 bits per heavy atom. The number of carbonyl (C=O) groups is 4. The number of hydrogen-bond donors (Lipinski definition) is 0. The van der Waals surface area contributed by atoms with Gasteiger partial charge in [-0.3, -0.25) is 19.2 Å². The third-order valence-corrected chi connectivity index (χ3v) is 7.86. The molecule has 1 aliphatic carbocycles. The van der Waals surface area contributed by atoms with Crippen molar-refractivity contribution in [2.24, 2.45) is 0 Å². The summed E-state index contributed by atoms with van der Waals surface area (Å²) in [7, 11) is 0. The van der Waals surface area contributed by atoms with Gasteiger partial charge in [-0.25, -0.2) is 0 Å². The van der Waals surface area contributed by atoms with Crippen molar-refractivity contribution in [2.75, 3.05) is 6.61 Å². The summed E-state index contributed by atoms with van der Waals surface area (Å²) in [6.07, 6.45) is 1.45. The molecule has 0 N–H and O–H groups in total. The number of rotatable bonds is 10. The van der Waals surface area contributed by atoms with Gasteiger partial charge in [0.1, 0.15) is 11.2 Å². The van der Waals surface area contributed by atoms with Crippen LogP contribution in [0.25, 0.3) is 11.1 Å².